The lowest BCUT2D eigenvalue weighted by molar-refractivity contribution is -0.0717. The summed E-state index contributed by atoms with van der Waals surface area (Å²) in [6.45, 7) is 4.12. The molecule has 2 nitrogen and oxygen atoms in total. The summed E-state index contributed by atoms with van der Waals surface area (Å²) in [6, 6.07) is 15.9. The predicted molar refractivity (Wildman–Crippen MR) is 81.2 cm³/mol. The average molecular weight is 288 g/mol. The molecule has 0 aliphatic carbocycles. The van der Waals surface area contributed by atoms with Crippen molar-refractivity contribution in [2.24, 2.45) is 5.92 Å². The van der Waals surface area contributed by atoms with Gasteiger partial charge in [0.25, 0.3) is 0 Å². The average Bonchev–Trinajstić information content (AvgIpc) is 2.49. The summed E-state index contributed by atoms with van der Waals surface area (Å²) >= 11 is 0. The fraction of sp³-hybridized carbons (Fsp3) is 0.333. The zero-order valence-electron chi connectivity index (χ0n) is 12.4. The fourth-order valence-electron chi connectivity index (χ4n) is 2.29. The zero-order valence-corrected chi connectivity index (χ0v) is 12.4. The Bertz CT molecular complexity index is 554. The molecule has 0 aliphatic heterocycles. The van der Waals surface area contributed by atoms with Crippen LogP contribution in [-0.4, -0.2) is 11.2 Å². The van der Waals surface area contributed by atoms with E-state index in [1.165, 1.54) is 6.07 Å². The maximum atomic E-state index is 13.6. The summed E-state index contributed by atoms with van der Waals surface area (Å²) in [4.78, 5) is 0. The third kappa shape index (κ3) is 4.13. The first kappa shape index (κ1) is 15.7. The second-order valence-electron chi connectivity index (χ2n) is 5.47. The lowest BCUT2D eigenvalue weighted by Gasteiger charge is -2.27. The van der Waals surface area contributed by atoms with Crippen LogP contribution in [0.1, 0.15) is 31.1 Å². The van der Waals surface area contributed by atoms with Crippen LogP contribution >= 0.6 is 0 Å². The van der Waals surface area contributed by atoms with Gasteiger partial charge in [-0.3, -0.25) is 0 Å². The minimum Gasteiger partial charge on any atom is -0.386 e. The Morgan fingerprint density at radius 3 is 2.24 bits per heavy atom. The minimum atomic E-state index is -0.724. The van der Waals surface area contributed by atoms with Crippen molar-refractivity contribution in [1.29, 1.82) is 0 Å². The van der Waals surface area contributed by atoms with E-state index in [0.717, 1.165) is 5.56 Å². The monoisotopic (exact) mass is 288 g/mol. The number of hydrogen-bond donors (Lipinski definition) is 1. The van der Waals surface area contributed by atoms with E-state index < -0.39 is 6.10 Å². The van der Waals surface area contributed by atoms with Crippen LogP contribution in [0.25, 0.3) is 0 Å². The molecule has 0 bridgehead atoms. The predicted octanol–water partition coefficient (Wildman–Crippen LogP) is 4.10. The number of benzene rings is 2. The van der Waals surface area contributed by atoms with Crippen LogP contribution in [0.5, 0.6) is 0 Å². The molecule has 2 unspecified atom stereocenters. The lowest BCUT2D eigenvalue weighted by Crippen LogP contribution is -2.27. The van der Waals surface area contributed by atoms with Gasteiger partial charge in [0, 0.05) is 5.56 Å². The summed E-state index contributed by atoms with van der Waals surface area (Å²) in [5.41, 5.74) is 1.31. The molecular weight excluding hydrogens is 267 g/mol. The third-order valence-corrected chi connectivity index (χ3v) is 3.50. The smallest absolute Gasteiger partial charge is 0.128 e. The van der Waals surface area contributed by atoms with Crippen LogP contribution in [0.2, 0.25) is 0 Å². The Labute approximate surface area is 125 Å². The first-order valence-electron chi connectivity index (χ1n) is 7.17. The molecule has 0 heterocycles. The second kappa shape index (κ2) is 7.34. The Kier molecular flexibility index (Phi) is 5.48. The van der Waals surface area contributed by atoms with E-state index in [0.29, 0.717) is 5.56 Å². The van der Waals surface area contributed by atoms with Crippen LogP contribution < -0.4 is 0 Å². The van der Waals surface area contributed by atoms with Gasteiger partial charge < -0.3 is 9.84 Å². The van der Waals surface area contributed by atoms with Gasteiger partial charge in [0.2, 0.25) is 0 Å². The molecule has 2 atom stereocenters. The minimum absolute atomic E-state index is 0.118. The first-order chi connectivity index (χ1) is 10.1. The highest BCUT2D eigenvalue weighted by atomic mass is 19.1. The summed E-state index contributed by atoms with van der Waals surface area (Å²) in [5.74, 6) is -0.166. The number of aliphatic hydroxyl groups excluding tert-OH is 1. The molecule has 2 aromatic rings. The molecule has 112 valence electrons. The van der Waals surface area contributed by atoms with Gasteiger partial charge in [0.15, 0.2) is 0 Å². The highest BCUT2D eigenvalue weighted by Crippen LogP contribution is 2.25. The van der Waals surface area contributed by atoms with Crippen molar-refractivity contribution >= 4 is 0 Å². The molecule has 0 spiro atoms. The van der Waals surface area contributed by atoms with Crippen molar-refractivity contribution in [2.45, 2.75) is 32.7 Å². The molecule has 0 aromatic heterocycles. The quantitative estimate of drug-likeness (QED) is 0.867. The van der Waals surface area contributed by atoms with E-state index in [9.17, 15) is 9.50 Å². The van der Waals surface area contributed by atoms with Crippen molar-refractivity contribution in [1.82, 2.24) is 0 Å². The maximum Gasteiger partial charge on any atom is 0.128 e. The van der Waals surface area contributed by atoms with Gasteiger partial charge >= 0.3 is 0 Å². The van der Waals surface area contributed by atoms with Gasteiger partial charge in [0.05, 0.1) is 12.7 Å². The summed E-state index contributed by atoms with van der Waals surface area (Å²) in [6.07, 6.45) is -1.11. The molecule has 0 saturated heterocycles. The van der Waals surface area contributed by atoms with Gasteiger partial charge in [-0.1, -0.05) is 62.4 Å². The van der Waals surface area contributed by atoms with Crippen LogP contribution in [-0.2, 0) is 11.3 Å². The number of aliphatic hydroxyl groups is 1. The Hall–Kier alpha value is -1.71. The van der Waals surface area contributed by atoms with Gasteiger partial charge in [-0.25, -0.2) is 4.39 Å². The molecule has 3 heteroatoms. The number of halogens is 1. The van der Waals surface area contributed by atoms with Crippen molar-refractivity contribution in [3.05, 3.63) is 71.5 Å². The largest absolute Gasteiger partial charge is 0.386 e. The van der Waals surface area contributed by atoms with E-state index in [-0.39, 0.29) is 24.4 Å². The van der Waals surface area contributed by atoms with Crippen molar-refractivity contribution < 1.29 is 14.2 Å². The lowest BCUT2D eigenvalue weighted by atomic mass is 9.96. The van der Waals surface area contributed by atoms with Crippen LogP contribution in [0.15, 0.2) is 54.6 Å². The molecule has 2 rings (SSSR count). The van der Waals surface area contributed by atoms with Gasteiger partial charge in [-0.05, 0) is 17.5 Å². The van der Waals surface area contributed by atoms with Crippen molar-refractivity contribution in [2.75, 3.05) is 0 Å². The molecule has 2 aromatic carbocycles. The van der Waals surface area contributed by atoms with E-state index in [1.807, 2.05) is 44.2 Å². The van der Waals surface area contributed by atoms with Gasteiger partial charge in [0.1, 0.15) is 11.9 Å². The Morgan fingerprint density at radius 1 is 1.00 bits per heavy atom. The van der Waals surface area contributed by atoms with Crippen molar-refractivity contribution in [3.63, 3.8) is 0 Å². The summed E-state index contributed by atoms with van der Waals surface area (Å²) in [7, 11) is 0. The first-order valence-corrected chi connectivity index (χ1v) is 7.17. The van der Waals surface area contributed by atoms with E-state index in [2.05, 4.69) is 0 Å². The standard InChI is InChI=1S/C18H21FO2/c1-13(2)18(17(20)14-8-4-3-5-9-14)21-12-15-10-6-7-11-16(15)19/h3-11,13,17-18,20H,12H2,1-2H3. The van der Waals surface area contributed by atoms with E-state index >= 15 is 0 Å². The molecular formula is C18H21FO2. The maximum absolute atomic E-state index is 13.6. The topological polar surface area (TPSA) is 29.5 Å². The molecule has 0 amide bonds. The van der Waals surface area contributed by atoms with Crippen LogP contribution in [0.3, 0.4) is 0 Å². The van der Waals surface area contributed by atoms with Crippen LogP contribution in [0.4, 0.5) is 4.39 Å². The molecule has 0 aliphatic rings. The Morgan fingerprint density at radius 2 is 1.62 bits per heavy atom. The molecule has 0 fully saturated rings. The SMILES string of the molecule is CC(C)C(OCc1ccccc1F)C(O)c1ccccc1. The van der Waals surface area contributed by atoms with Crippen molar-refractivity contribution in [3.8, 4) is 0 Å². The van der Waals surface area contributed by atoms with Crippen LogP contribution in [0, 0.1) is 11.7 Å². The number of ether oxygens (including phenoxy) is 1. The van der Waals surface area contributed by atoms with Gasteiger partial charge in [-0.15, -0.1) is 0 Å². The highest BCUT2D eigenvalue weighted by molar-refractivity contribution is 5.19. The molecule has 0 radical (unpaired) electrons. The summed E-state index contributed by atoms with van der Waals surface area (Å²) in [5, 5.41) is 10.5. The normalized spacial score (nSPS) is 14.1. The molecule has 21 heavy (non-hydrogen) atoms. The zero-order chi connectivity index (χ0) is 15.2. The Balaban J connectivity index is 2.08. The van der Waals surface area contributed by atoms with E-state index in [1.54, 1.807) is 18.2 Å². The van der Waals surface area contributed by atoms with E-state index in [4.69, 9.17) is 4.74 Å². The molecule has 0 saturated carbocycles. The summed E-state index contributed by atoms with van der Waals surface area (Å²) < 4.78 is 19.4. The third-order valence-electron chi connectivity index (χ3n) is 3.50. The second-order valence-corrected chi connectivity index (χ2v) is 5.47. The highest BCUT2D eigenvalue weighted by Gasteiger charge is 2.25. The molecule has 1 N–H and O–H groups in total. The number of rotatable bonds is 6. The fourth-order valence-corrected chi connectivity index (χ4v) is 2.29. The number of hydrogen-bond acceptors (Lipinski definition) is 2. The van der Waals surface area contributed by atoms with Gasteiger partial charge in [-0.2, -0.15) is 0 Å².